The second-order valence-electron chi connectivity index (χ2n) is 8.67. The lowest BCUT2D eigenvalue weighted by molar-refractivity contribution is 0.525. The summed E-state index contributed by atoms with van der Waals surface area (Å²) in [6.07, 6.45) is 5.54. The molecular weight excluding hydrogens is 434 g/mol. The number of hydrogen-bond acceptors (Lipinski definition) is 5. The van der Waals surface area contributed by atoms with Gasteiger partial charge in [0.1, 0.15) is 5.82 Å². The monoisotopic (exact) mass is 463 g/mol. The second-order valence-corrected chi connectivity index (χ2v) is 8.67. The van der Waals surface area contributed by atoms with Crippen LogP contribution in [0.25, 0.3) is 33.9 Å². The van der Waals surface area contributed by atoms with Gasteiger partial charge in [-0.15, -0.1) is 5.10 Å². The van der Waals surface area contributed by atoms with E-state index in [9.17, 15) is 0 Å². The first kappa shape index (κ1) is 22.7. The molecule has 35 heavy (non-hydrogen) atoms. The molecule has 7 nitrogen and oxygen atoms in total. The van der Waals surface area contributed by atoms with Crippen molar-refractivity contribution in [2.75, 3.05) is 0 Å². The maximum absolute atomic E-state index is 4.93. The molecule has 7 heteroatoms. The highest BCUT2D eigenvalue weighted by Crippen LogP contribution is 2.30. The summed E-state index contributed by atoms with van der Waals surface area (Å²) in [6.45, 7) is 3.13. The van der Waals surface area contributed by atoms with Crippen LogP contribution in [0.15, 0.2) is 78.9 Å². The summed E-state index contributed by atoms with van der Waals surface area (Å²) in [6, 6.07) is 27.0. The van der Waals surface area contributed by atoms with Crippen LogP contribution in [0, 0.1) is 0 Å². The number of unbranched alkanes of at least 4 members (excludes halogenated alkanes) is 3. The highest BCUT2D eigenvalue weighted by Gasteiger charge is 2.13. The molecule has 176 valence electrons. The molecule has 5 rings (SSSR count). The maximum Gasteiger partial charge on any atom is 0.181 e. The Morgan fingerprint density at radius 3 is 2.29 bits per heavy atom. The van der Waals surface area contributed by atoms with E-state index in [2.05, 4.69) is 74.7 Å². The first-order chi connectivity index (χ1) is 17.3. The van der Waals surface area contributed by atoms with Gasteiger partial charge in [0.15, 0.2) is 11.6 Å². The Balaban J connectivity index is 1.39. The van der Waals surface area contributed by atoms with Gasteiger partial charge in [0.2, 0.25) is 0 Å². The van der Waals surface area contributed by atoms with E-state index in [1.807, 2.05) is 36.4 Å². The summed E-state index contributed by atoms with van der Waals surface area (Å²) < 4.78 is 2.10. The van der Waals surface area contributed by atoms with Gasteiger partial charge in [-0.05, 0) is 33.5 Å². The molecule has 0 fully saturated rings. The van der Waals surface area contributed by atoms with Gasteiger partial charge in [0, 0.05) is 24.1 Å². The Morgan fingerprint density at radius 1 is 0.771 bits per heavy atom. The number of nitrogens with one attached hydrogen (secondary N) is 1. The van der Waals surface area contributed by atoms with Crippen molar-refractivity contribution >= 4 is 0 Å². The number of H-pyrrole nitrogens is 1. The summed E-state index contributed by atoms with van der Waals surface area (Å²) in [7, 11) is 0. The molecular formula is C28H29N7. The minimum atomic E-state index is 0.661. The molecule has 0 saturated heterocycles. The first-order valence-corrected chi connectivity index (χ1v) is 12.2. The van der Waals surface area contributed by atoms with E-state index in [-0.39, 0.29) is 0 Å². The molecule has 0 spiro atoms. The molecule has 0 radical (unpaired) electrons. The van der Waals surface area contributed by atoms with Crippen molar-refractivity contribution < 1.29 is 0 Å². The Morgan fingerprint density at radius 2 is 1.54 bits per heavy atom. The average molecular weight is 464 g/mol. The predicted molar refractivity (Wildman–Crippen MR) is 137 cm³/mol. The minimum absolute atomic E-state index is 0.661. The molecule has 0 aliphatic heterocycles. The molecule has 1 N–H and O–H groups in total. The van der Waals surface area contributed by atoms with Crippen LogP contribution >= 0.6 is 0 Å². The SMILES string of the molecule is CCCCCCn1nc(-c2ccccc2)nc1Cc1ccc(-c2ccccc2-c2nnn[nH]2)cc1. The Labute approximate surface area is 205 Å². The minimum Gasteiger partial charge on any atom is -0.249 e. The molecule has 0 aliphatic carbocycles. The van der Waals surface area contributed by atoms with Gasteiger partial charge in [-0.2, -0.15) is 5.10 Å². The van der Waals surface area contributed by atoms with Crippen LogP contribution in [0.4, 0.5) is 0 Å². The average Bonchev–Trinajstić information content (AvgIpc) is 3.59. The predicted octanol–water partition coefficient (Wildman–Crippen LogP) is 5.96. The molecule has 2 aromatic heterocycles. The number of tetrazole rings is 1. The largest absolute Gasteiger partial charge is 0.249 e. The van der Waals surface area contributed by atoms with Gasteiger partial charge in [-0.1, -0.05) is 105 Å². The van der Waals surface area contributed by atoms with Crippen LogP contribution < -0.4 is 0 Å². The van der Waals surface area contributed by atoms with Gasteiger partial charge in [-0.25, -0.2) is 14.8 Å². The van der Waals surface area contributed by atoms with Crippen molar-refractivity contribution in [3.05, 3.63) is 90.3 Å². The van der Waals surface area contributed by atoms with Gasteiger partial charge in [-0.3, -0.25) is 0 Å². The second kappa shape index (κ2) is 10.9. The van der Waals surface area contributed by atoms with Gasteiger partial charge in [0.05, 0.1) is 0 Å². The maximum atomic E-state index is 4.93. The number of benzene rings is 3. The molecule has 0 amide bonds. The molecule has 0 atom stereocenters. The summed E-state index contributed by atoms with van der Waals surface area (Å²) in [5.41, 5.74) is 5.43. The van der Waals surface area contributed by atoms with Crippen LogP contribution in [-0.2, 0) is 13.0 Å². The Hall–Kier alpha value is -4.13. The normalized spacial score (nSPS) is 11.1. The van der Waals surface area contributed by atoms with Crippen molar-refractivity contribution in [1.29, 1.82) is 0 Å². The third kappa shape index (κ3) is 5.35. The van der Waals surface area contributed by atoms with Gasteiger partial charge >= 0.3 is 0 Å². The molecule has 5 aromatic rings. The van der Waals surface area contributed by atoms with E-state index in [1.165, 1.54) is 24.8 Å². The third-order valence-corrected chi connectivity index (χ3v) is 6.16. The van der Waals surface area contributed by atoms with Crippen molar-refractivity contribution in [2.45, 2.75) is 45.6 Å². The zero-order valence-electron chi connectivity index (χ0n) is 19.9. The molecule has 0 saturated carbocycles. The lowest BCUT2D eigenvalue weighted by Gasteiger charge is -2.09. The summed E-state index contributed by atoms with van der Waals surface area (Å²) in [5.74, 6) is 2.46. The van der Waals surface area contributed by atoms with E-state index >= 15 is 0 Å². The van der Waals surface area contributed by atoms with Crippen LogP contribution in [0.5, 0.6) is 0 Å². The van der Waals surface area contributed by atoms with Crippen molar-refractivity contribution in [1.82, 2.24) is 35.4 Å². The Bertz CT molecular complexity index is 1340. The highest BCUT2D eigenvalue weighted by molar-refractivity contribution is 5.80. The van der Waals surface area contributed by atoms with Crippen LogP contribution in [0.1, 0.15) is 44.0 Å². The van der Waals surface area contributed by atoms with Crippen molar-refractivity contribution in [3.8, 4) is 33.9 Å². The lowest BCUT2D eigenvalue weighted by atomic mass is 9.98. The number of aromatic nitrogens is 7. The topological polar surface area (TPSA) is 85.2 Å². The lowest BCUT2D eigenvalue weighted by Crippen LogP contribution is -2.07. The van der Waals surface area contributed by atoms with Gasteiger partial charge < -0.3 is 0 Å². The van der Waals surface area contributed by atoms with E-state index in [0.29, 0.717) is 5.82 Å². The molecule has 0 bridgehead atoms. The molecule has 0 aliphatic rings. The summed E-state index contributed by atoms with van der Waals surface area (Å²) in [4.78, 5) is 4.93. The van der Waals surface area contributed by atoms with E-state index in [4.69, 9.17) is 10.1 Å². The molecule has 3 aromatic carbocycles. The van der Waals surface area contributed by atoms with E-state index in [0.717, 1.165) is 53.3 Å². The fraction of sp³-hybridized carbons (Fsp3) is 0.250. The fourth-order valence-electron chi connectivity index (χ4n) is 4.28. The summed E-state index contributed by atoms with van der Waals surface area (Å²) >= 11 is 0. The smallest absolute Gasteiger partial charge is 0.181 e. The summed E-state index contributed by atoms with van der Waals surface area (Å²) in [5, 5.41) is 19.3. The third-order valence-electron chi connectivity index (χ3n) is 6.16. The van der Waals surface area contributed by atoms with Gasteiger partial charge in [0.25, 0.3) is 0 Å². The standard InChI is InChI=1S/C28H29N7/c1-2-3-4-10-19-35-26(29-27(32-35)23-11-6-5-7-12-23)20-21-15-17-22(18-16-21)24-13-8-9-14-25(24)28-30-33-34-31-28/h5-9,11-18H,2-4,10,19-20H2,1H3,(H,30,31,33,34). The van der Waals surface area contributed by atoms with E-state index < -0.39 is 0 Å². The fourth-order valence-corrected chi connectivity index (χ4v) is 4.28. The Kier molecular flexibility index (Phi) is 7.03. The number of hydrogen-bond donors (Lipinski definition) is 1. The van der Waals surface area contributed by atoms with Crippen LogP contribution in [0.2, 0.25) is 0 Å². The zero-order chi connectivity index (χ0) is 23.9. The first-order valence-electron chi connectivity index (χ1n) is 12.2. The van der Waals surface area contributed by atoms with E-state index in [1.54, 1.807) is 0 Å². The highest BCUT2D eigenvalue weighted by atomic mass is 15.5. The number of rotatable bonds is 10. The van der Waals surface area contributed by atoms with Crippen molar-refractivity contribution in [2.24, 2.45) is 0 Å². The van der Waals surface area contributed by atoms with Crippen molar-refractivity contribution in [3.63, 3.8) is 0 Å². The molecule has 0 unspecified atom stereocenters. The number of aromatic amines is 1. The quantitative estimate of drug-likeness (QED) is 0.258. The number of aryl methyl sites for hydroxylation is 1. The van der Waals surface area contributed by atoms with Crippen LogP contribution in [-0.4, -0.2) is 35.4 Å². The number of nitrogens with zero attached hydrogens (tertiary/aromatic N) is 6. The van der Waals surface area contributed by atoms with Crippen LogP contribution in [0.3, 0.4) is 0 Å². The molecule has 2 heterocycles. The zero-order valence-corrected chi connectivity index (χ0v) is 19.9.